The lowest BCUT2D eigenvalue weighted by atomic mass is 10.3. The summed E-state index contributed by atoms with van der Waals surface area (Å²) in [6.07, 6.45) is -0.827. The molecule has 0 spiro atoms. The number of rotatable bonds is 1. The lowest BCUT2D eigenvalue weighted by Gasteiger charge is -2.15. The van der Waals surface area contributed by atoms with Gasteiger partial charge >= 0.3 is 21.9 Å². The fourth-order valence-corrected chi connectivity index (χ4v) is 2.08. The van der Waals surface area contributed by atoms with E-state index in [1.54, 1.807) is 0 Å². The van der Waals surface area contributed by atoms with Crippen LogP contribution >= 0.6 is 0 Å². The number of carbonyl (C=O) groups is 2. The summed E-state index contributed by atoms with van der Waals surface area (Å²) in [5.41, 5.74) is 0. The lowest BCUT2D eigenvalue weighted by molar-refractivity contribution is -0.223. The van der Waals surface area contributed by atoms with Gasteiger partial charge in [-0.1, -0.05) is 0 Å². The second-order valence-corrected chi connectivity index (χ2v) is 4.72. The Morgan fingerprint density at radius 1 is 1.43 bits per heavy atom. The topological polar surface area (TPSA) is 116 Å². The molecule has 1 unspecified atom stereocenters. The van der Waals surface area contributed by atoms with E-state index in [2.05, 4.69) is 13.9 Å². The second kappa shape index (κ2) is 4.04. The summed E-state index contributed by atoms with van der Waals surface area (Å²) in [5.74, 6) is -2.24. The first kappa shape index (κ1) is 11.1. The molecule has 0 amide bonds. The van der Waals surface area contributed by atoms with Crippen molar-refractivity contribution < 1.29 is 36.4 Å². The Morgan fingerprint density at radius 3 is 2.64 bits per heavy atom. The van der Waals surface area contributed by atoms with Crippen LogP contribution in [0.5, 0.6) is 0 Å². The number of hydrogen-bond acceptors (Lipinski definition) is 7. The van der Waals surface area contributed by atoms with E-state index in [4.69, 9.17) is 4.55 Å². The van der Waals surface area contributed by atoms with Gasteiger partial charge in [0.1, 0.15) is 0 Å². The maximum absolute atomic E-state index is 10.9. The highest BCUT2D eigenvalue weighted by Crippen LogP contribution is 2.10. The minimum absolute atomic E-state index is 0.827. The predicted octanol–water partition coefficient (Wildman–Crippen LogP) is -2.34. The van der Waals surface area contributed by atoms with Crippen molar-refractivity contribution in [1.82, 2.24) is 0 Å². The van der Waals surface area contributed by atoms with Crippen LogP contribution in [0.25, 0.3) is 0 Å². The summed E-state index contributed by atoms with van der Waals surface area (Å²) >= 11 is 0. The first-order valence-electron chi connectivity index (χ1n) is 3.36. The molecule has 1 rings (SSSR count). The molecule has 0 radical (unpaired) electrons. The maximum atomic E-state index is 10.9. The van der Waals surface area contributed by atoms with Crippen LogP contribution in [-0.4, -0.2) is 40.2 Å². The Morgan fingerprint density at radius 2 is 2.07 bits per heavy atom. The molecule has 0 bridgehead atoms. The zero-order valence-electron chi connectivity index (χ0n) is 6.70. The molecule has 10 heteroatoms. The molecule has 1 aliphatic rings. The zero-order valence-corrected chi connectivity index (χ0v) is 8.94. The van der Waals surface area contributed by atoms with E-state index in [-0.39, 0.29) is 0 Å². The van der Waals surface area contributed by atoms with E-state index in [0.29, 0.717) is 0 Å². The van der Waals surface area contributed by atoms with Gasteiger partial charge in [0.15, 0.2) is 5.25 Å². The van der Waals surface area contributed by atoms with E-state index in [0.717, 1.165) is 0 Å². The zero-order chi connectivity index (χ0) is 10.8. The van der Waals surface area contributed by atoms with Crippen molar-refractivity contribution in [3.05, 3.63) is 0 Å². The molecular weight excluding hydrogens is 236 g/mol. The van der Waals surface area contributed by atoms with Crippen molar-refractivity contribution in [3.63, 3.8) is 0 Å². The fraction of sp³-hybridized carbons (Fsp3) is 0.500. The monoisotopic (exact) mass is 242 g/mol. The van der Waals surface area contributed by atoms with E-state index in [1.807, 2.05) is 0 Å². The van der Waals surface area contributed by atoms with E-state index >= 15 is 0 Å². The van der Waals surface area contributed by atoms with Crippen molar-refractivity contribution in [2.45, 2.75) is 11.7 Å². The Bertz CT molecular complexity index is 346. The third kappa shape index (κ3) is 2.76. The van der Waals surface area contributed by atoms with Crippen LogP contribution in [-0.2, 0) is 33.6 Å². The van der Waals surface area contributed by atoms with Gasteiger partial charge in [0, 0.05) is 0 Å². The van der Waals surface area contributed by atoms with Gasteiger partial charge in [0.05, 0.1) is 6.42 Å². The van der Waals surface area contributed by atoms with Gasteiger partial charge in [-0.2, -0.15) is 13.0 Å². The molecule has 1 N–H and O–H groups in total. The Kier molecular flexibility index (Phi) is 3.20. The van der Waals surface area contributed by atoms with Crippen molar-refractivity contribution in [1.29, 1.82) is 0 Å². The van der Waals surface area contributed by atoms with Gasteiger partial charge in [-0.25, -0.2) is 4.79 Å². The molecule has 0 aromatic heterocycles. The van der Waals surface area contributed by atoms with Crippen LogP contribution in [0.1, 0.15) is 6.42 Å². The predicted molar refractivity (Wildman–Crippen MR) is 41.8 cm³/mol. The maximum Gasteiger partial charge on any atom is 0.418 e. The molecule has 1 fully saturated rings. The molecule has 8 nitrogen and oxygen atoms in total. The fourth-order valence-electron chi connectivity index (χ4n) is 0.760. The standard InChI is InChI=1S/C4H6O8SSi/c5-3-1-2(13(7,8)9)4(6)11-14-12-10-3/h2H,1,14H2,(H,7,8,9). The van der Waals surface area contributed by atoms with Crippen LogP contribution in [0, 0.1) is 0 Å². The first-order chi connectivity index (χ1) is 6.41. The van der Waals surface area contributed by atoms with Crippen LogP contribution in [0.3, 0.4) is 0 Å². The van der Waals surface area contributed by atoms with Crippen LogP contribution in [0.4, 0.5) is 0 Å². The Labute approximate surface area is 80.9 Å². The molecule has 1 aliphatic heterocycles. The van der Waals surface area contributed by atoms with Crippen molar-refractivity contribution in [2.24, 2.45) is 0 Å². The summed E-state index contributed by atoms with van der Waals surface area (Å²) in [6, 6.07) is 0. The molecule has 0 saturated carbocycles. The minimum Gasteiger partial charge on any atom is -0.495 e. The molecule has 0 aromatic rings. The molecular formula is C4H6O8SSi. The van der Waals surface area contributed by atoms with Crippen molar-refractivity contribution in [2.75, 3.05) is 0 Å². The average molecular weight is 242 g/mol. The highest BCUT2D eigenvalue weighted by molar-refractivity contribution is 7.87. The summed E-state index contributed by atoms with van der Waals surface area (Å²) in [4.78, 5) is 25.7. The van der Waals surface area contributed by atoms with E-state index < -0.39 is 43.7 Å². The lowest BCUT2D eigenvalue weighted by Crippen LogP contribution is -2.37. The number of hydrogen-bond donors (Lipinski definition) is 1. The third-order valence-corrected chi connectivity index (χ3v) is 3.07. The normalized spacial score (nSPS) is 26.2. The van der Waals surface area contributed by atoms with E-state index in [9.17, 15) is 18.0 Å². The molecule has 0 aromatic carbocycles. The largest absolute Gasteiger partial charge is 0.495 e. The smallest absolute Gasteiger partial charge is 0.418 e. The summed E-state index contributed by atoms with van der Waals surface area (Å²) in [7, 11) is -6.54. The quantitative estimate of drug-likeness (QED) is 0.309. The van der Waals surface area contributed by atoms with Crippen molar-refractivity contribution >= 4 is 32.1 Å². The van der Waals surface area contributed by atoms with Gasteiger partial charge in [-0.3, -0.25) is 9.35 Å². The third-order valence-electron chi connectivity index (χ3n) is 1.38. The molecule has 14 heavy (non-hydrogen) atoms. The van der Waals surface area contributed by atoms with Gasteiger partial charge in [0.2, 0.25) is 0 Å². The highest BCUT2D eigenvalue weighted by Gasteiger charge is 2.37. The van der Waals surface area contributed by atoms with Crippen molar-refractivity contribution in [3.8, 4) is 0 Å². The highest BCUT2D eigenvalue weighted by atomic mass is 32.2. The van der Waals surface area contributed by atoms with Gasteiger partial charge in [0.25, 0.3) is 10.1 Å². The van der Waals surface area contributed by atoms with Gasteiger partial charge < -0.3 is 9.31 Å². The molecule has 0 aliphatic carbocycles. The van der Waals surface area contributed by atoms with Gasteiger partial charge in [-0.15, -0.1) is 0 Å². The first-order valence-corrected chi connectivity index (χ1v) is 6.02. The number of carbonyl (C=O) groups excluding carboxylic acids is 2. The second-order valence-electron chi connectivity index (χ2n) is 2.36. The SMILES string of the molecule is O=C1CC(S(=O)(=O)O)C(=O)O[SiH2]OO1. The summed E-state index contributed by atoms with van der Waals surface area (Å²) in [5, 5.41) is -1.92. The van der Waals surface area contributed by atoms with Crippen LogP contribution in [0.2, 0.25) is 0 Å². The van der Waals surface area contributed by atoms with Crippen LogP contribution < -0.4 is 0 Å². The summed E-state index contributed by atoms with van der Waals surface area (Å²) in [6.45, 7) is 0. The molecule has 80 valence electrons. The minimum atomic E-state index is -4.66. The molecule has 1 atom stereocenters. The average Bonchev–Trinajstić information content (AvgIpc) is 2.03. The molecule has 1 saturated heterocycles. The Balaban J connectivity index is 2.87. The Hall–Kier alpha value is -0.973. The summed E-state index contributed by atoms with van der Waals surface area (Å²) < 4.78 is 38.4. The molecule has 1 heterocycles. The van der Waals surface area contributed by atoms with E-state index in [1.165, 1.54) is 0 Å². The van der Waals surface area contributed by atoms with Gasteiger partial charge in [-0.05, 0) is 0 Å². The van der Waals surface area contributed by atoms with Crippen LogP contribution in [0.15, 0.2) is 0 Å².